The van der Waals surface area contributed by atoms with E-state index >= 15 is 0 Å². The number of carboxylic acids is 1. The number of hydrogen-bond donors (Lipinski definition) is 2. The average Bonchev–Trinajstić information content (AvgIpc) is 3.05. The van der Waals surface area contributed by atoms with Crippen molar-refractivity contribution in [1.82, 2.24) is 5.32 Å². The highest BCUT2D eigenvalue weighted by molar-refractivity contribution is 5.80. The highest BCUT2D eigenvalue weighted by atomic mass is 19.4. The van der Waals surface area contributed by atoms with E-state index in [1.165, 1.54) is 7.05 Å². The van der Waals surface area contributed by atoms with E-state index in [-0.39, 0.29) is 25.6 Å². The van der Waals surface area contributed by atoms with Gasteiger partial charge in [-0.2, -0.15) is 13.2 Å². The lowest BCUT2D eigenvalue weighted by atomic mass is 9.94. The van der Waals surface area contributed by atoms with Gasteiger partial charge in [0.25, 0.3) is 0 Å². The molecule has 1 unspecified atom stereocenters. The van der Waals surface area contributed by atoms with E-state index in [2.05, 4.69) is 5.32 Å². The van der Waals surface area contributed by atoms with Crippen LogP contribution in [-0.2, 0) is 9.53 Å². The Kier molecular flexibility index (Phi) is 4.98. The van der Waals surface area contributed by atoms with Crippen LogP contribution >= 0.6 is 0 Å². The molecule has 106 valence electrons. The zero-order valence-corrected chi connectivity index (χ0v) is 10.2. The third kappa shape index (κ3) is 4.13. The maximum atomic E-state index is 11.9. The summed E-state index contributed by atoms with van der Waals surface area (Å²) in [6.45, 7) is -0.176. The van der Waals surface area contributed by atoms with Crippen LogP contribution in [0.5, 0.6) is 0 Å². The normalized spacial score (nSPS) is 19.6. The number of rotatable bonds is 8. The summed E-state index contributed by atoms with van der Waals surface area (Å²) in [7, 11) is 1.53. The second-order valence-electron chi connectivity index (χ2n) is 4.57. The Morgan fingerprint density at radius 3 is 2.44 bits per heavy atom. The number of carboxylic acid groups (broad SMARTS) is 1. The smallest absolute Gasteiger partial charge is 0.389 e. The lowest BCUT2D eigenvalue weighted by molar-refractivity contribution is -0.150. The van der Waals surface area contributed by atoms with Gasteiger partial charge in [-0.05, 0) is 32.2 Å². The molecule has 1 aliphatic carbocycles. The molecule has 1 atom stereocenters. The van der Waals surface area contributed by atoms with Crippen LogP contribution < -0.4 is 5.32 Å². The molecule has 1 saturated carbocycles. The number of ether oxygens (including phenoxy) is 1. The van der Waals surface area contributed by atoms with Crippen molar-refractivity contribution in [2.45, 2.75) is 37.4 Å². The fourth-order valence-electron chi connectivity index (χ4n) is 1.92. The van der Waals surface area contributed by atoms with Crippen molar-refractivity contribution in [3.63, 3.8) is 0 Å². The quantitative estimate of drug-likeness (QED) is 0.660. The monoisotopic (exact) mass is 269 g/mol. The number of nitrogens with one attached hydrogen (secondary N) is 1. The van der Waals surface area contributed by atoms with Crippen molar-refractivity contribution in [1.29, 1.82) is 0 Å². The Morgan fingerprint density at radius 2 is 2.06 bits per heavy atom. The van der Waals surface area contributed by atoms with Crippen molar-refractivity contribution < 1.29 is 27.8 Å². The van der Waals surface area contributed by atoms with Crippen LogP contribution in [-0.4, -0.2) is 43.1 Å². The van der Waals surface area contributed by atoms with Crippen LogP contribution in [0.15, 0.2) is 0 Å². The molecule has 1 fully saturated rings. The number of hydrogen-bond acceptors (Lipinski definition) is 3. The second kappa shape index (κ2) is 5.88. The topological polar surface area (TPSA) is 58.6 Å². The summed E-state index contributed by atoms with van der Waals surface area (Å²) in [5.74, 6) is -1.01. The summed E-state index contributed by atoms with van der Waals surface area (Å²) in [5.41, 5.74) is -1.15. The fourth-order valence-corrected chi connectivity index (χ4v) is 1.92. The zero-order chi connectivity index (χ0) is 13.8. The standard InChI is InChI=1S/C11H18F3NO3/c1-15-10(9(16)17,8-3-4-8)7-18-6-2-5-11(12,13)14/h8,15H,2-7H2,1H3,(H,16,17). The Hall–Kier alpha value is -0.820. The molecule has 0 aromatic rings. The van der Waals surface area contributed by atoms with Gasteiger partial charge in [0.15, 0.2) is 0 Å². The Labute approximate surface area is 103 Å². The summed E-state index contributed by atoms with van der Waals surface area (Å²) in [6.07, 6.45) is -3.63. The summed E-state index contributed by atoms with van der Waals surface area (Å²) in [4.78, 5) is 11.2. The molecule has 0 heterocycles. The van der Waals surface area contributed by atoms with Crippen LogP contribution in [0, 0.1) is 5.92 Å². The minimum Gasteiger partial charge on any atom is -0.480 e. The number of halogens is 3. The number of aliphatic carboxylic acids is 1. The second-order valence-corrected chi connectivity index (χ2v) is 4.57. The van der Waals surface area contributed by atoms with Gasteiger partial charge in [0.1, 0.15) is 5.54 Å². The van der Waals surface area contributed by atoms with Gasteiger partial charge >= 0.3 is 12.1 Å². The molecular formula is C11H18F3NO3. The van der Waals surface area contributed by atoms with Crippen molar-refractivity contribution >= 4 is 5.97 Å². The van der Waals surface area contributed by atoms with Gasteiger partial charge in [-0.1, -0.05) is 0 Å². The van der Waals surface area contributed by atoms with E-state index in [4.69, 9.17) is 4.74 Å². The summed E-state index contributed by atoms with van der Waals surface area (Å²) in [6, 6.07) is 0. The number of alkyl halides is 3. The molecule has 4 nitrogen and oxygen atoms in total. The predicted molar refractivity (Wildman–Crippen MR) is 58.3 cm³/mol. The van der Waals surface area contributed by atoms with E-state index in [0.717, 1.165) is 12.8 Å². The van der Waals surface area contributed by atoms with Crippen molar-refractivity contribution in [2.24, 2.45) is 5.92 Å². The molecule has 7 heteroatoms. The molecule has 0 spiro atoms. The minimum atomic E-state index is -4.19. The van der Waals surface area contributed by atoms with Gasteiger partial charge in [0.05, 0.1) is 6.61 Å². The van der Waals surface area contributed by atoms with Crippen LogP contribution in [0.2, 0.25) is 0 Å². The van der Waals surface area contributed by atoms with Gasteiger partial charge in [-0.3, -0.25) is 4.79 Å². The molecule has 0 radical (unpaired) electrons. The first kappa shape index (κ1) is 15.2. The van der Waals surface area contributed by atoms with E-state index in [1.807, 2.05) is 0 Å². The maximum absolute atomic E-state index is 11.9. The molecule has 0 amide bonds. The zero-order valence-electron chi connectivity index (χ0n) is 10.2. The van der Waals surface area contributed by atoms with Gasteiger partial charge in [-0.25, -0.2) is 0 Å². The number of likely N-dealkylation sites (N-methyl/N-ethyl adjacent to an activating group) is 1. The molecule has 1 rings (SSSR count). The average molecular weight is 269 g/mol. The molecule has 0 saturated heterocycles. The van der Waals surface area contributed by atoms with Crippen LogP contribution in [0.3, 0.4) is 0 Å². The van der Waals surface area contributed by atoms with E-state index in [0.29, 0.717) is 0 Å². The molecule has 1 aliphatic rings. The molecule has 0 aromatic carbocycles. The van der Waals surface area contributed by atoms with Gasteiger partial charge in [-0.15, -0.1) is 0 Å². The molecule has 18 heavy (non-hydrogen) atoms. The minimum absolute atomic E-state index is 0.00242. The molecule has 0 aromatic heterocycles. The fraction of sp³-hybridized carbons (Fsp3) is 0.909. The maximum Gasteiger partial charge on any atom is 0.389 e. The van der Waals surface area contributed by atoms with Crippen molar-refractivity contribution in [3.8, 4) is 0 Å². The SMILES string of the molecule is CNC(COCCCC(F)(F)F)(C(=O)O)C1CC1. The van der Waals surface area contributed by atoms with E-state index in [1.54, 1.807) is 0 Å². The highest BCUT2D eigenvalue weighted by Gasteiger charge is 2.50. The predicted octanol–water partition coefficient (Wildman–Crippen LogP) is 1.80. The van der Waals surface area contributed by atoms with Crippen molar-refractivity contribution in [3.05, 3.63) is 0 Å². The first-order chi connectivity index (χ1) is 8.32. The van der Waals surface area contributed by atoms with E-state index in [9.17, 15) is 23.1 Å². The third-order valence-electron chi connectivity index (χ3n) is 3.18. The third-order valence-corrected chi connectivity index (χ3v) is 3.18. The van der Waals surface area contributed by atoms with Gasteiger partial charge < -0.3 is 15.2 Å². The Morgan fingerprint density at radius 1 is 1.44 bits per heavy atom. The van der Waals surface area contributed by atoms with Crippen LogP contribution in [0.4, 0.5) is 13.2 Å². The van der Waals surface area contributed by atoms with Crippen LogP contribution in [0.25, 0.3) is 0 Å². The van der Waals surface area contributed by atoms with Gasteiger partial charge in [0.2, 0.25) is 0 Å². The summed E-state index contributed by atoms with van der Waals surface area (Å²) in [5, 5.41) is 11.9. The Bertz CT molecular complexity index is 292. The molecule has 2 N–H and O–H groups in total. The number of carbonyl (C=O) groups is 1. The molecule has 0 aliphatic heterocycles. The van der Waals surface area contributed by atoms with Gasteiger partial charge in [0, 0.05) is 13.0 Å². The first-order valence-corrected chi connectivity index (χ1v) is 5.88. The lowest BCUT2D eigenvalue weighted by Gasteiger charge is -2.28. The highest BCUT2D eigenvalue weighted by Crippen LogP contribution is 2.40. The summed E-state index contributed by atoms with van der Waals surface area (Å²) < 4.78 is 40.8. The lowest BCUT2D eigenvalue weighted by Crippen LogP contribution is -2.56. The van der Waals surface area contributed by atoms with Crippen molar-refractivity contribution in [2.75, 3.05) is 20.3 Å². The largest absolute Gasteiger partial charge is 0.480 e. The van der Waals surface area contributed by atoms with Crippen LogP contribution in [0.1, 0.15) is 25.7 Å². The summed E-state index contributed by atoms with van der Waals surface area (Å²) >= 11 is 0. The molecular weight excluding hydrogens is 251 g/mol. The van der Waals surface area contributed by atoms with E-state index < -0.39 is 24.1 Å². The first-order valence-electron chi connectivity index (χ1n) is 5.88. The Balaban J connectivity index is 2.33. The molecule has 0 bridgehead atoms.